The number of amides is 1. The summed E-state index contributed by atoms with van der Waals surface area (Å²) < 4.78 is 2.69. The molecule has 0 bridgehead atoms. The van der Waals surface area contributed by atoms with Crippen molar-refractivity contribution in [3.63, 3.8) is 0 Å². The Morgan fingerprint density at radius 2 is 2.29 bits per heavy atom. The smallest absolute Gasteiger partial charge is 0.274 e. The van der Waals surface area contributed by atoms with Crippen LogP contribution in [-0.4, -0.2) is 39.7 Å². The molecule has 2 N–H and O–H groups in total. The van der Waals surface area contributed by atoms with Gasteiger partial charge in [0, 0.05) is 29.8 Å². The quantitative estimate of drug-likeness (QED) is 0.924. The molecule has 5 nitrogen and oxygen atoms in total. The molecule has 1 aliphatic heterocycles. The highest BCUT2D eigenvalue weighted by atomic mass is 79.9. The lowest BCUT2D eigenvalue weighted by Crippen LogP contribution is -2.40. The molecule has 1 saturated heterocycles. The predicted octanol–water partition coefficient (Wildman–Crippen LogP) is 2.20. The normalized spacial score (nSPS) is 18.2. The van der Waals surface area contributed by atoms with E-state index in [1.807, 2.05) is 35.4 Å². The van der Waals surface area contributed by atoms with Gasteiger partial charge in [0.05, 0.1) is 5.69 Å². The molecule has 1 atom stereocenters. The van der Waals surface area contributed by atoms with Crippen molar-refractivity contribution in [1.82, 2.24) is 14.7 Å². The van der Waals surface area contributed by atoms with Crippen molar-refractivity contribution in [2.24, 2.45) is 5.73 Å². The first kappa shape index (κ1) is 14.3. The maximum Gasteiger partial charge on any atom is 0.274 e. The summed E-state index contributed by atoms with van der Waals surface area (Å²) in [5.74, 6) is -0.0308. The number of benzene rings is 1. The van der Waals surface area contributed by atoms with E-state index in [1.165, 1.54) is 0 Å². The third kappa shape index (κ3) is 2.87. The molecule has 110 valence electrons. The van der Waals surface area contributed by atoms with E-state index in [0.29, 0.717) is 12.2 Å². The van der Waals surface area contributed by atoms with Crippen molar-refractivity contribution in [3.8, 4) is 5.69 Å². The molecule has 1 amide bonds. The van der Waals surface area contributed by atoms with Crippen LogP contribution in [0.15, 0.2) is 41.0 Å². The number of halogens is 1. The summed E-state index contributed by atoms with van der Waals surface area (Å²) in [4.78, 5) is 14.4. The highest BCUT2D eigenvalue weighted by molar-refractivity contribution is 9.10. The molecule has 0 spiro atoms. The van der Waals surface area contributed by atoms with Crippen molar-refractivity contribution in [3.05, 3.63) is 46.7 Å². The van der Waals surface area contributed by atoms with Gasteiger partial charge in [0.25, 0.3) is 5.91 Å². The molecule has 6 heteroatoms. The molecule has 2 aromatic rings. The second-order valence-corrected chi connectivity index (χ2v) is 6.07. The van der Waals surface area contributed by atoms with Gasteiger partial charge in [-0.2, -0.15) is 5.10 Å². The van der Waals surface area contributed by atoms with Crippen LogP contribution in [0.4, 0.5) is 0 Å². The van der Waals surface area contributed by atoms with Gasteiger partial charge < -0.3 is 10.6 Å². The average molecular weight is 349 g/mol. The van der Waals surface area contributed by atoms with Gasteiger partial charge in [-0.15, -0.1) is 0 Å². The first-order valence-corrected chi connectivity index (χ1v) is 7.81. The third-order valence-corrected chi connectivity index (χ3v) is 4.28. The molecule has 1 aliphatic rings. The molecule has 1 aromatic heterocycles. The minimum Gasteiger partial charge on any atom is -0.333 e. The summed E-state index contributed by atoms with van der Waals surface area (Å²) in [7, 11) is 0. The number of hydrogen-bond donors (Lipinski definition) is 1. The highest BCUT2D eigenvalue weighted by Crippen LogP contribution is 2.20. The number of nitrogens with zero attached hydrogens (tertiary/aromatic N) is 3. The fourth-order valence-corrected chi connectivity index (χ4v) is 3.08. The zero-order valence-electron chi connectivity index (χ0n) is 11.6. The average Bonchev–Trinajstić information content (AvgIpc) is 3.15. The van der Waals surface area contributed by atoms with E-state index < -0.39 is 0 Å². The predicted molar refractivity (Wildman–Crippen MR) is 84.4 cm³/mol. The van der Waals surface area contributed by atoms with Gasteiger partial charge in [-0.1, -0.05) is 22.0 Å². The molecule has 0 unspecified atom stereocenters. The van der Waals surface area contributed by atoms with Crippen molar-refractivity contribution >= 4 is 21.8 Å². The number of rotatable bonds is 3. The standard InChI is InChI=1S/C15H17BrN4O/c16-11-3-1-4-12(9-11)20-8-6-14(18-20)15(21)19-7-2-5-13(19)10-17/h1,3-4,6,8-9,13H,2,5,7,10,17H2/t13-/m0/s1. The topological polar surface area (TPSA) is 64.2 Å². The lowest BCUT2D eigenvalue weighted by atomic mass is 10.2. The SMILES string of the molecule is NC[C@@H]1CCCN1C(=O)c1ccn(-c2cccc(Br)c2)n1. The summed E-state index contributed by atoms with van der Waals surface area (Å²) in [5, 5.41) is 4.40. The van der Waals surface area contributed by atoms with Crippen LogP contribution in [-0.2, 0) is 0 Å². The highest BCUT2D eigenvalue weighted by Gasteiger charge is 2.29. The Morgan fingerprint density at radius 1 is 1.43 bits per heavy atom. The molecule has 2 heterocycles. The number of nitrogens with two attached hydrogens (primary N) is 1. The summed E-state index contributed by atoms with van der Waals surface area (Å²) in [6.45, 7) is 1.28. The maximum absolute atomic E-state index is 12.5. The Morgan fingerprint density at radius 3 is 3.05 bits per heavy atom. The maximum atomic E-state index is 12.5. The zero-order valence-corrected chi connectivity index (χ0v) is 13.2. The van der Waals surface area contributed by atoms with Gasteiger partial charge in [0.2, 0.25) is 0 Å². The molecule has 21 heavy (non-hydrogen) atoms. The zero-order chi connectivity index (χ0) is 14.8. The molecular weight excluding hydrogens is 332 g/mol. The number of aromatic nitrogens is 2. The van der Waals surface area contributed by atoms with Crippen LogP contribution < -0.4 is 5.73 Å². The molecular formula is C15H17BrN4O. The van der Waals surface area contributed by atoms with Gasteiger partial charge in [-0.05, 0) is 37.1 Å². The monoisotopic (exact) mass is 348 g/mol. The Hall–Kier alpha value is -1.66. The minimum atomic E-state index is -0.0308. The summed E-state index contributed by atoms with van der Waals surface area (Å²) in [5.41, 5.74) is 7.11. The number of carbonyl (C=O) groups excluding carboxylic acids is 1. The van der Waals surface area contributed by atoms with Crippen LogP contribution in [0.25, 0.3) is 5.69 Å². The van der Waals surface area contributed by atoms with Crippen LogP contribution in [0.5, 0.6) is 0 Å². The summed E-state index contributed by atoms with van der Waals surface area (Å²) >= 11 is 3.44. The number of hydrogen-bond acceptors (Lipinski definition) is 3. The summed E-state index contributed by atoms with van der Waals surface area (Å²) in [6.07, 6.45) is 3.80. The van der Waals surface area contributed by atoms with Gasteiger partial charge >= 0.3 is 0 Å². The van der Waals surface area contributed by atoms with Gasteiger partial charge in [-0.3, -0.25) is 4.79 Å². The first-order valence-electron chi connectivity index (χ1n) is 7.01. The molecule has 1 aromatic carbocycles. The molecule has 0 radical (unpaired) electrons. The van der Waals surface area contributed by atoms with Crippen molar-refractivity contribution < 1.29 is 4.79 Å². The minimum absolute atomic E-state index is 0.0308. The number of carbonyl (C=O) groups is 1. The van der Waals surface area contributed by atoms with E-state index in [-0.39, 0.29) is 11.9 Å². The summed E-state index contributed by atoms with van der Waals surface area (Å²) in [6, 6.07) is 9.70. The van der Waals surface area contributed by atoms with E-state index in [1.54, 1.807) is 10.7 Å². The van der Waals surface area contributed by atoms with E-state index >= 15 is 0 Å². The fourth-order valence-electron chi connectivity index (χ4n) is 2.70. The Bertz CT molecular complexity index is 655. The van der Waals surface area contributed by atoms with Crippen LogP contribution in [0.3, 0.4) is 0 Å². The lowest BCUT2D eigenvalue weighted by molar-refractivity contribution is 0.0735. The Labute approximate surface area is 131 Å². The molecule has 0 saturated carbocycles. The first-order chi connectivity index (χ1) is 10.2. The number of likely N-dealkylation sites (tertiary alicyclic amines) is 1. The molecule has 0 aliphatic carbocycles. The van der Waals surface area contributed by atoms with E-state index in [4.69, 9.17) is 5.73 Å². The van der Waals surface area contributed by atoms with Crippen LogP contribution >= 0.6 is 15.9 Å². The van der Waals surface area contributed by atoms with E-state index in [0.717, 1.165) is 29.5 Å². The van der Waals surface area contributed by atoms with E-state index in [9.17, 15) is 4.79 Å². The Kier molecular flexibility index (Phi) is 4.07. The largest absolute Gasteiger partial charge is 0.333 e. The Balaban J connectivity index is 1.83. The fraction of sp³-hybridized carbons (Fsp3) is 0.333. The van der Waals surface area contributed by atoms with Crippen molar-refractivity contribution in [2.75, 3.05) is 13.1 Å². The van der Waals surface area contributed by atoms with Crippen molar-refractivity contribution in [2.45, 2.75) is 18.9 Å². The molecule has 1 fully saturated rings. The lowest BCUT2D eigenvalue weighted by Gasteiger charge is -2.22. The second-order valence-electron chi connectivity index (χ2n) is 5.16. The van der Waals surface area contributed by atoms with Crippen LogP contribution in [0.2, 0.25) is 0 Å². The van der Waals surface area contributed by atoms with Gasteiger partial charge in [0.15, 0.2) is 5.69 Å². The van der Waals surface area contributed by atoms with Crippen LogP contribution in [0.1, 0.15) is 23.3 Å². The van der Waals surface area contributed by atoms with Gasteiger partial charge in [-0.25, -0.2) is 4.68 Å². The van der Waals surface area contributed by atoms with Crippen LogP contribution in [0, 0.1) is 0 Å². The second kappa shape index (κ2) is 5.99. The van der Waals surface area contributed by atoms with Crippen molar-refractivity contribution in [1.29, 1.82) is 0 Å². The third-order valence-electron chi connectivity index (χ3n) is 3.79. The van der Waals surface area contributed by atoms with E-state index in [2.05, 4.69) is 21.0 Å². The van der Waals surface area contributed by atoms with Gasteiger partial charge in [0.1, 0.15) is 0 Å². The molecule has 3 rings (SSSR count).